The van der Waals surface area contributed by atoms with Crippen molar-refractivity contribution in [3.63, 3.8) is 0 Å². The number of rotatable bonds is 10. The highest BCUT2D eigenvalue weighted by atomic mass is 16.5. The van der Waals surface area contributed by atoms with E-state index in [0.717, 1.165) is 6.42 Å². The molecule has 0 fully saturated rings. The van der Waals surface area contributed by atoms with E-state index in [0.29, 0.717) is 38.0 Å². The second-order valence-electron chi connectivity index (χ2n) is 4.89. The van der Waals surface area contributed by atoms with Gasteiger partial charge in [0.2, 0.25) is 5.88 Å². The summed E-state index contributed by atoms with van der Waals surface area (Å²) in [6.07, 6.45) is 0.834. The van der Waals surface area contributed by atoms with Crippen molar-refractivity contribution in [3.05, 3.63) is 23.4 Å². The SMILES string of the molecule is COCCCOCCOc1cc(C(=O)O)cc(C(C)C)n1. The van der Waals surface area contributed by atoms with Crippen LogP contribution in [0.4, 0.5) is 0 Å². The Kier molecular flexibility index (Phi) is 7.71. The molecule has 0 saturated carbocycles. The molecule has 6 heteroatoms. The van der Waals surface area contributed by atoms with Gasteiger partial charge in [0.25, 0.3) is 0 Å². The summed E-state index contributed by atoms with van der Waals surface area (Å²) in [7, 11) is 1.65. The van der Waals surface area contributed by atoms with Crippen molar-refractivity contribution in [3.8, 4) is 5.88 Å². The first-order valence-corrected chi connectivity index (χ1v) is 6.99. The number of carbonyl (C=O) groups is 1. The van der Waals surface area contributed by atoms with Gasteiger partial charge in [-0.25, -0.2) is 9.78 Å². The van der Waals surface area contributed by atoms with Gasteiger partial charge in [0.05, 0.1) is 12.2 Å². The first kappa shape index (κ1) is 17.4. The van der Waals surface area contributed by atoms with Crippen molar-refractivity contribution >= 4 is 5.97 Å². The van der Waals surface area contributed by atoms with Crippen LogP contribution in [0.3, 0.4) is 0 Å². The Morgan fingerprint density at radius 3 is 2.62 bits per heavy atom. The largest absolute Gasteiger partial charge is 0.478 e. The second-order valence-corrected chi connectivity index (χ2v) is 4.89. The van der Waals surface area contributed by atoms with Gasteiger partial charge >= 0.3 is 5.97 Å². The van der Waals surface area contributed by atoms with Crippen molar-refractivity contribution < 1.29 is 24.1 Å². The molecule has 0 radical (unpaired) electrons. The highest BCUT2D eigenvalue weighted by molar-refractivity contribution is 5.88. The Bertz CT molecular complexity index is 448. The van der Waals surface area contributed by atoms with E-state index in [4.69, 9.17) is 19.3 Å². The van der Waals surface area contributed by atoms with E-state index < -0.39 is 5.97 Å². The molecule has 0 atom stereocenters. The Hall–Kier alpha value is -1.66. The lowest BCUT2D eigenvalue weighted by molar-refractivity contribution is 0.0694. The van der Waals surface area contributed by atoms with Gasteiger partial charge in [0.15, 0.2) is 0 Å². The summed E-state index contributed by atoms with van der Waals surface area (Å²) in [5.41, 5.74) is 0.885. The highest BCUT2D eigenvalue weighted by Crippen LogP contribution is 2.19. The predicted octanol–water partition coefficient (Wildman–Crippen LogP) is 2.34. The number of ether oxygens (including phenoxy) is 3. The zero-order valence-corrected chi connectivity index (χ0v) is 12.8. The van der Waals surface area contributed by atoms with Crippen molar-refractivity contribution in [2.24, 2.45) is 0 Å². The molecule has 0 aliphatic heterocycles. The molecule has 1 aromatic rings. The fourth-order valence-electron chi connectivity index (χ4n) is 1.63. The lowest BCUT2D eigenvalue weighted by Crippen LogP contribution is -2.11. The van der Waals surface area contributed by atoms with Crippen LogP contribution in [0.25, 0.3) is 0 Å². The summed E-state index contributed by atoms with van der Waals surface area (Å²) < 4.78 is 15.7. The first-order valence-electron chi connectivity index (χ1n) is 6.99. The Morgan fingerprint density at radius 2 is 2.00 bits per heavy atom. The number of aromatic nitrogens is 1. The summed E-state index contributed by atoms with van der Waals surface area (Å²) >= 11 is 0. The zero-order chi connectivity index (χ0) is 15.7. The summed E-state index contributed by atoms with van der Waals surface area (Å²) in [4.78, 5) is 15.4. The molecular weight excluding hydrogens is 274 g/mol. The molecule has 0 saturated heterocycles. The van der Waals surface area contributed by atoms with E-state index in [2.05, 4.69) is 4.98 Å². The third-order valence-electron chi connectivity index (χ3n) is 2.77. The molecule has 1 rings (SSSR count). The molecule has 0 aliphatic rings. The quantitative estimate of drug-likeness (QED) is 0.668. The minimum Gasteiger partial charge on any atom is -0.478 e. The predicted molar refractivity (Wildman–Crippen MR) is 78.1 cm³/mol. The minimum absolute atomic E-state index is 0.136. The summed E-state index contributed by atoms with van der Waals surface area (Å²) in [6, 6.07) is 3.00. The zero-order valence-electron chi connectivity index (χ0n) is 12.8. The molecule has 118 valence electrons. The smallest absolute Gasteiger partial charge is 0.335 e. The molecule has 0 unspecified atom stereocenters. The number of pyridine rings is 1. The summed E-state index contributed by atoms with van der Waals surface area (Å²) in [6.45, 7) is 5.95. The van der Waals surface area contributed by atoms with Crippen molar-refractivity contribution in [2.75, 3.05) is 33.5 Å². The highest BCUT2D eigenvalue weighted by Gasteiger charge is 2.11. The number of carboxylic acid groups (broad SMARTS) is 1. The maximum atomic E-state index is 11.1. The number of nitrogens with zero attached hydrogens (tertiary/aromatic N) is 1. The number of carboxylic acids is 1. The maximum absolute atomic E-state index is 11.1. The first-order chi connectivity index (χ1) is 10.0. The van der Waals surface area contributed by atoms with E-state index in [-0.39, 0.29) is 11.5 Å². The van der Waals surface area contributed by atoms with E-state index in [9.17, 15) is 4.79 Å². The van der Waals surface area contributed by atoms with Crippen LogP contribution in [0.1, 0.15) is 42.2 Å². The lowest BCUT2D eigenvalue weighted by Gasteiger charge is -2.11. The molecule has 1 heterocycles. The number of hydrogen-bond acceptors (Lipinski definition) is 5. The molecule has 0 aromatic carbocycles. The number of hydrogen-bond donors (Lipinski definition) is 1. The number of methoxy groups -OCH3 is 1. The monoisotopic (exact) mass is 297 g/mol. The van der Waals surface area contributed by atoms with E-state index in [1.807, 2.05) is 13.8 Å². The van der Waals surface area contributed by atoms with Gasteiger partial charge < -0.3 is 19.3 Å². The Morgan fingerprint density at radius 1 is 1.24 bits per heavy atom. The molecule has 0 bridgehead atoms. The van der Waals surface area contributed by atoms with Gasteiger partial charge in [-0.1, -0.05) is 13.8 Å². The normalized spacial score (nSPS) is 10.9. The second kappa shape index (κ2) is 9.31. The third kappa shape index (κ3) is 6.55. The third-order valence-corrected chi connectivity index (χ3v) is 2.77. The van der Waals surface area contributed by atoms with Gasteiger partial charge in [0.1, 0.15) is 6.61 Å². The van der Waals surface area contributed by atoms with Gasteiger partial charge in [-0.2, -0.15) is 0 Å². The van der Waals surface area contributed by atoms with Crippen LogP contribution in [-0.2, 0) is 9.47 Å². The molecule has 0 spiro atoms. The lowest BCUT2D eigenvalue weighted by atomic mass is 10.1. The van der Waals surface area contributed by atoms with Crippen molar-refractivity contribution in [1.82, 2.24) is 4.98 Å². The fourth-order valence-corrected chi connectivity index (χ4v) is 1.63. The van der Waals surface area contributed by atoms with E-state index in [1.165, 1.54) is 6.07 Å². The molecule has 0 amide bonds. The Balaban J connectivity index is 2.48. The van der Waals surface area contributed by atoms with Gasteiger partial charge in [-0.15, -0.1) is 0 Å². The van der Waals surface area contributed by atoms with Crippen LogP contribution in [0.15, 0.2) is 12.1 Å². The molecule has 6 nitrogen and oxygen atoms in total. The van der Waals surface area contributed by atoms with Crippen LogP contribution in [-0.4, -0.2) is 49.6 Å². The average molecular weight is 297 g/mol. The van der Waals surface area contributed by atoms with Crippen LogP contribution in [0, 0.1) is 0 Å². The van der Waals surface area contributed by atoms with E-state index >= 15 is 0 Å². The maximum Gasteiger partial charge on any atom is 0.335 e. The van der Waals surface area contributed by atoms with Gasteiger partial charge in [-0.3, -0.25) is 0 Å². The van der Waals surface area contributed by atoms with Crippen LogP contribution in [0.2, 0.25) is 0 Å². The van der Waals surface area contributed by atoms with Crippen LogP contribution in [0.5, 0.6) is 5.88 Å². The van der Waals surface area contributed by atoms with Crippen molar-refractivity contribution in [1.29, 1.82) is 0 Å². The van der Waals surface area contributed by atoms with Crippen LogP contribution >= 0.6 is 0 Å². The molecule has 0 aliphatic carbocycles. The molecule has 1 aromatic heterocycles. The number of aromatic carboxylic acids is 1. The Labute approximate surface area is 125 Å². The van der Waals surface area contributed by atoms with Gasteiger partial charge in [-0.05, 0) is 18.4 Å². The van der Waals surface area contributed by atoms with Gasteiger partial charge in [0, 0.05) is 32.1 Å². The topological polar surface area (TPSA) is 77.9 Å². The summed E-state index contributed by atoms with van der Waals surface area (Å²) in [5, 5.41) is 9.09. The average Bonchev–Trinajstić information content (AvgIpc) is 2.46. The molecule has 1 N–H and O–H groups in total. The standard InChI is InChI=1S/C15H23NO5/c1-11(2)13-9-12(15(17)18)10-14(16-13)21-8-7-20-6-4-5-19-3/h9-11H,4-8H2,1-3H3,(H,17,18). The van der Waals surface area contributed by atoms with Crippen molar-refractivity contribution in [2.45, 2.75) is 26.2 Å². The summed E-state index contributed by atoms with van der Waals surface area (Å²) in [5.74, 6) is -0.531. The minimum atomic E-state index is -0.986. The molecular formula is C15H23NO5. The van der Waals surface area contributed by atoms with Crippen LogP contribution < -0.4 is 4.74 Å². The fraction of sp³-hybridized carbons (Fsp3) is 0.600. The van der Waals surface area contributed by atoms with E-state index in [1.54, 1.807) is 13.2 Å². The molecule has 21 heavy (non-hydrogen) atoms.